The van der Waals surface area contributed by atoms with Crippen LogP contribution < -0.4 is 5.32 Å². The van der Waals surface area contributed by atoms with Crippen LogP contribution in [0.1, 0.15) is 20.9 Å². The second-order valence-electron chi connectivity index (χ2n) is 6.08. The SMILES string of the molecule is Cc1cc(-c2ccncc2)sc1-c1ccc(NC(=O)c2snnc2C)cc1. The lowest BCUT2D eigenvalue weighted by Crippen LogP contribution is -2.11. The first-order valence-electron chi connectivity index (χ1n) is 8.33. The van der Waals surface area contributed by atoms with Crippen molar-refractivity contribution < 1.29 is 4.79 Å². The summed E-state index contributed by atoms with van der Waals surface area (Å²) in [6.45, 7) is 3.90. The Bertz CT molecular complexity index is 1080. The minimum Gasteiger partial charge on any atom is -0.321 e. The molecule has 4 aromatic rings. The number of aromatic nitrogens is 3. The molecule has 0 atom stereocenters. The standard InChI is InChI=1S/C20H16N4OS2/c1-12-11-17(14-7-9-21-10-8-14)26-18(12)15-3-5-16(6-4-15)22-20(25)19-13(2)23-24-27-19/h3-11H,1-2H3,(H,22,25). The fraction of sp³-hybridized carbons (Fsp3) is 0.100. The lowest BCUT2D eigenvalue weighted by Gasteiger charge is -2.05. The molecule has 0 fully saturated rings. The van der Waals surface area contributed by atoms with Crippen molar-refractivity contribution in [2.45, 2.75) is 13.8 Å². The summed E-state index contributed by atoms with van der Waals surface area (Å²) in [5.74, 6) is -0.178. The van der Waals surface area contributed by atoms with E-state index in [1.165, 1.54) is 20.9 Å². The third-order valence-electron chi connectivity index (χ3n) is 4.15. The van der Waals surface area contributed by atoms with Crippen LogP contribution in [0.25, 0.3) is 20.9 Å². The number of pyridine rings is 1. The number of hydrogen-bond acceptors (Lipinski definition) is 6. The van der Waals surface area contributed by atoms with Crippen LogP contribution in [0.5, 0.6) is 0 Å². The number of hydrogen-bond donors (Lipinski definition) is 1. The number of nitrogens with zero attached hydrogens (tertiary/aromatic N) is 3. The zero-order valence-corrected chi connectivity index (χ0v) is 16.4. The highest BCUT2D eigenvalue weighted by atomic mass is 32.1. The number of amides is 1. The quantitative estimate of drug-likeness (QED) is 0.518. The predicted molar refractivity (Wildman–Crippen MR) is 110 cm³/mol. The Labute approximate surface area is 164 Å². The fourth-order valence-electron chi connectivity index (χ4n) is 2.76. The maximum atomic E-state index is 12.3. The Morgan fingerprint density at radius 3 is 2.41 bits per heavy atom. The van der Waals surface area contributed by atoms with E-state index in [1.807, 2.05) is 48.8 Å². The number of thiophene rings is 1. The van der Waals surface area contributed by atoms with Gasteiger partial charge in [-0.25, -0.2) is 0 Å². The van der Waals surface area contributed by atoms with E-state index < -0.39 is 0 Å². The first-order chi connectivity index (χ1) is 13.1. The minimum atomic E-state index is -0.178. The van der Waals surface area contributed by atoms with E-state index in [0.29, 0.717) is 10.6 Å². The number of benzene rings is 1. The van der Waals surface area contributed by atoms with Crippen molar-refractivity contribution in [3.05, 3.63) is 71.0 Å². The molecule has 0 aliphatic heterocycles. The Morgan fingerprint density at radius 1 is 1.00 bits per heavy atom. The van der Waals surface area contributed by atoms with Crippen molar-refractivity contribution in [3.63, 3.8) is 0 Å². The number of carbonyl (C=O) groups is 1. The summed E-state index contributed by atoms with van der Waals surface area (Å²) in [4.78, 5) is 19.3. The van der Waals surface area contributed by atoms with Crippen LogP contribution in [0.2, 0.25) is 0 Å². The van der Waals surface area contributed by atoms with Crippen LogP contribution in [0.4, 0.5) is 5.69 Å². The number of carbonyl (C=O) groups excluding carboxylic acids is 1. The zero-order valence-electron chi connectivity index (χ0n) is 14.8. The van der Waals surface area contributed by atoms with E-state index in [9.17, 15) is 4.79 Å². The van der Waals surface area contributed by atoms with Gasteiger partial charge in [0.2, 0.25) is 0 Å². The number of nitrogens with one attached hydrogen (secondary N) is 1. The van der Waals surface area contributed by atoms with Gasteiger partial charge in [0, 0.05) is 27.8 Å². The molecule has 3 aromatic heterocycles. The van der Waals surface area contributed by atoms with Crippen LogP contribution in [-0.2, 0) is 0 Å². The second-order valence-corrected chi connectivity index (χ2v) is 7.88. The number of anilines is 1. The number of aryl methyl sites for hydroxylation is 2. The van der Waals surface area contributed by atoms with Crippen molar-refractivity contribution >= 4 is 34.5 Å². The van der Waals surface area contributed by atoms with Crippen LogP contribution in [-0.4, -0.2) is 20.5 Å². The molecule has 0 bridgehead atoms. The van der Waals surface area contributed by atoms with E-state index in [-0.39, 0.29) is 5.91 Å². The smallest absolute Gasteiger partial charge is 0.269 e. The highest BCUT2D eigenvalue weighted by molar-refractivity contribution is 7.19. The lowest BCUT2D eigenvalue weighted by molar-refractivity contribution is 0.103. The Balaban J connectivity index is 1.55. The fourth-order valence-corrected chi connectivity index (χ4v) is 4.49. The molecule has 0 radical (unpaired) electrons. The molecule has 1 aromatic carbocycles. The van der Waals surface area contributed by atoms with Crippen molar-refractivity contribution in [3.8, 4) is 20.9 Å². The Hall–Kier alpha value is -2.90. The van der Waals surface area contributed by atoms with Gasteiger partial charge in [0.25, 0.3) is 5.91 Å². The average Bonchev–Trinajstić information content (AvgIpc) is 3.29. The molecular formula is C20H16N4OS2. The molecule has 7 heteroatoms. The minimum absolute atomic E-state index is 0.178. The summed E-state index contributed by atoms with van der Waals surface area (Å²) in [6.07, 6.45) is 3.61. The van der Waals surface area contributed by atoms with E-state index in [1.54, 1.807) is 18.3 Å². The summed E-state index contributed by atoms with van der Waals surface area (Å²) in [6, 6.07) is 14.1. The average molecular weight is 393 g/mol. The molecule has 1 N–H and O–H groups in total. The van der Waals surface area contributed by atoms with E-state index in [0.717, 1.165) is 22.8 Å². The summed E-state index contributed by atoms with van der Waals surface area (Å²) < 4.78 is 3.80. The van der Waals surface area contributed by atoms with E-state index in [2.05, 4.69) is 32.9 Å². The molecule has 0 saturated heterocycles. The van der Waals surface area contributed by atoms with Gasteiger partial charge in [-0.2, -0.15) is 0 Å². The molecule has 1 amide bonds. The molecule has 4 rings (SSSR count). The van der Waals surface area contributed by atoms with Gasteiger partial charge >= 0.3 is 0 Å². The lowest BCUT2D eigenvalue weighted by atomic mass is 10.1. The molecule has 3 heterocycles. The predicted octanol–water partition coefficient (Wildman–Crippen LogP) is 5.20. The molecule has 27 heavy (non-hydrogen) atoms. The monoisotopic (exact) mass is 392 g/mol. The summed E-state index contributed by atoms with van der Waals surface area (Å²) in [5.41, 5.74) is 4.93. The van der Waals surface area contributed by atoms with Crippen LogP contribution in [0.3, 0.4) is 0 Å². The Kier molecular flexibility index (Phi) is 4.79. The summed E-state index contributed by atoms with van der Waals surface area (Å²) in [7, 11) is 0. The first kappa shape index (κ1) is 17.5. The maximum Gasteiger partial charge on any atom is 0.269 e. The van der Waals surface area contributed by atoms with Crippen LogP contribution in [0.15, 0.2) is 54.9 Å². The van der Waals surface area contributed by atoms with Gasteiger partial charge in [0.05, 0.1) is 5.69 Å². The largest absolute Gasteiger partial charge is 0.321 e. The van der Waals surface area contributed by atoms with Crippen LogP contribution >= 0.6 is 22.9 Å². The van der Waals surface area contributed by atoms with Crippen molar-refractivity contribution in [2.75, 3.05) is 5.32 Å². The highest BCUT2D eigenvalue weighted by Gasteiger charge is 2.14. The molecular weight excluding hydrogens is 376 g/mol. The first-order valence-corrected chi connectivity index (χ1v) is 9.92. The van der Waals surface area contributed by atoms with E-state index >= 15 is 0 Å². The highest BCUT2D eigenvalue weighted by Crippen LogP contribution is 2.38. The zero-order chi connectivity index (χ0) is 18.8. The van der Waals surface area contributed by atoms with Gasteiger partial charge < -0.3 is 5.32 Å². The Morgan fingerprint density at radius 2 is 1.74 bits per heavy atom. The van der Waals surface area contributed by atoms with Crippen molar-refractivity contribution in [1.82, 2.24) is 14.6 Å². The van der Waals surface area contributed by atoms with Crippen LogP contribution in [0, 0.1) is 13.8 Å². The van der Waals surface area contributed by atoms with Gasteiger partial charge in [-0.1, -0.05) is 16.6 Å². The molecule has 0 saturated carbocycles. The normalized spacial score (nSPS) is 10.7. The van der Waals surface area contributed by atoms with Crippen molar-refractivity contribution in [1.29, 1.82) is 0 Å². The summed E-state index contributed by atoms with van der Waals surface area (Å²) >= 11 is 2.86. The van der Waals surface area contributed by atoms with Gasteiger partial charge in [0.15, 0.2) is 0 Å². The van der Waals surface area contributed by atoms with Gasteiger partial charge in [-0.15, -0.1) is 16.4 Å². The molecule has 134 valence electrons. The maximum absolute atomic E-state index is 12.3. The van der Waals surface area contributed by atoms with Gasteiger partial charge in [-0.3, -0.25) is 9.78 Å². The van der Waals surface area contributed by atoms with Gasteiger partial charge in [-0.05, 0) is 72.4 Å². The van der Waals surface area contributed by atoms with Gasteiger partial charge in [0.1, 0.15) is 4.88 Å². The molecule has 0 aliphatic carbocycles. The molecule has 0 aliphatic rings. The van der Waals surface area contributed by atoms with Crippen molar-refractivity contribution in [2.24, 2.45) is 0 Å². The molecule has 5 nitrogen and oxygen atoms in total. The third-order valence-corrected chi connectivity index (χ3v) is 6.31. The molecule has 0 spiro atoms. The molecule has 0 unspecified atom stereocenters. The second kappa shape index (κ2) is 7.38. The summed E-state index contributed by atoms with van der Waals surface area (Å²) in [5, 5.41) is 6.77. The number of rotatable bonds is 4. The third kappa shape index (κ3) is 3.65. The van der Waals surface area contributed by atoms with E-state index in [4.69, 9.17) is 0 Å². The topological polar surface area (TPSA) is 67.8 Å².